The summed E-state index contributed by atoms with van der Waals surface area (Å²) in [6.07, 6.45) is 2.54. The molecule has 0 heterocycles. The SMILES string of the molecule is C=C1CCC(=O)[C@H]2C[C@]1(C)CC2=O. The van der Waals surface area contributed by atoms with Crippen LogP contribution in [0.5, 0.6) is 0 Å². The third-order valence-corrected chi connectivity index (χ3v) is 3.52. The second-order valence-corrected chi connectivity index (χ2v) is 4.53. The first-order valence-electron chi connectivity index (χ1n) is 4.77. The Balaban J connectivity index is 2.39. The predicted octanol–water partition coefficient (Wildman–Crippen LogP) is 1.89. The van der Waals surface area contributed by atoms with Gasteiger partial charge >= 0.3 is 0 Å². The van der Waals surface area contributed by atoms with Crippen LogP contribution in [0, 0.1) is 11.3 Å². The molecule has 2 bridgehead atoms. The third-order valence-electron chi connectivity index (χ3n) is 3.52. The molecular formula is C11H14O2. The summed E-state index contributed by atoms with van der Waals surface area (Å²) in [4.78, 5) is 23.0. The van der Waals surface area contributed by atoms with Crippen LogP contribution in [0.15, 0.2) is 12.2 Å². The third kappa shape index (κ3) is 1.16. The van der Waals surface area contributed by atoms with Crippen molar-refractivity contribution in [2.75, 3.05) is 0 Å². The molecule has 70 valence electrons. The molecule has 0 aromatic heterocycles. The van der Waals surface area contributed by atoms with E-state index in [0.29, 0.717) is 19.3 Å². The first kappa shape index (κ1) is 8.67. The van der Waals surface area contributed by atoms with E-state index < -0.39 is 0 Å². The molecule has 2 heteroatoms. The zero-order valence-electron chi connectivity index (χ0n) is 7.93. The van der Waals surface area contributed by atoms with E-state index in [1.165, 1.54) is 0 Å². The second kappa shape index (κ2) is 2.53. The van der Waals surface area contributed by atoms with E-state index in [4.69, 9.17) is 0 Å². The van der Waals surface area contributed by atoms with Gasteiger partial charge in [-0.05, 0) is 18.3 Å². The summed E-state index contributed by atoms with van der Waals surface area (Å²) in [6, 6.07) is 0. The van der Waals surface area contributed by atoms with Crippen LogP contribution in [0.4, 0.5) is 0 Å². The molecule has 13 heavy (non-hydrogen) atoms. The predicted molar refractivity (Wildman–Crippen MR) is 49.2 cm³/mol. The summed E-state index contributed by atoms with van der Waals surface area (Å²) in [6.45, 7) is 6.05. The van der Waals surface area contributed by atoms with E-state index in [-0.39, 0.29) is 22.9 Å². The topological polar surface area (TPSA) is 34.1 Å². The molecule has 2 nitrogen and oxygen atoms in total. The number of ketones is 2. The standard InChI is InChI=1S/C11H14O2/c1-7-3-4-9(12)8-5-11(7,2)6-10(8)13/h8H,1,3-6H2,2H3/t8-,11-/m1/s1. The minimum Gasteiger partial charge on any atom is -0.299 e. The highest BCUT2D eigenvalue weighted by Gasteiger charge is 2.47. The molecule has 2 atom stereocenters. The Morgan fingerprint density at radius 3 is 2.69 bits per heavy atom. The number of hydrogen-bond donors (Lipinski definition) is 0. The Hall–Kier alpha value is -0.920. The van der Waals surface area contributed by atoms with Crippen LogP contribution in [-0.2, 0) is 9.59 Å². The highest BCUT2D eigenvalue weighted by Crippen LogP contribution is 2.48. The average molecular weight is 178 g/mol. The normalized spacial score (nSPS) is 39.5. The number of hydrogen-bond acceptors (Lipinski definition) is 2. The van der Waals surface area contributed by atoms with E-state index in [1.54, 1.807) is 0 Å². The van der Waals surface area contributed by atoms with Crippen LogP contribution in [0.25, 0.3) is 0 Å². The van der Waals surface area contributed by atoms with Crippen molar-refractivity contribution in [3.05, 3.63) is 12.2 Å². The van der Waals surface area contributed by atoms with Crippen LogP contribution >= 0.6 is 0 Å². The highest BCUT2D eigenvalue weighted by atomic mass is 16.2. The fourth-order valence-electron chi connectivity index (χ4n) is 2.46. The van der Waals surface area contributed by atoms with Gasteiger partial charge in [-0.25, -0.2) is 0 Å². The van der Waals surface area contributed by atoms with Gasteiger partial charge in [0.1, 0.15) is 11.6 Å². The Morgan fingerprint density at radius 1 is 1.31 bits per heavy atom. The number of Topliss-reactive ketones (excluding diaryl/α,β-unsaturated/α-hetero) is 2. The van der Waals surface area contributed by atoms with E-state index >= 15 is 0 Å². The fraction of sp³-hybridized carbons (Fsp3) is 0.636. The lowest BCUT2D eigenvalue weighted by molar-refractivity contribution is -0.130. The molecular weight excluding hydrogens is 164 g/mol. The summed E-state index contributed by atoms with van der Waals surface area (Å²) in [7, 11) is 0. The summed E-state index contributed by atoms with van der Waals surface area (Å²) in [5.41, 5.74) is 1.02. The van der Waals surface area contributed by atoms with Crippen molar-refractivity contribution >= 4 is 11.6 Å². The Kier molecular flexibility index (Phi) is 1.69. The van der Waals surface area contributed by atoms with E-state index in [0.717, 1.165) is 12.0 Å². The smallest absolute Gasteiger partial charge is 0.144 e. The maximum atomic E-state index is 11.5. The lowest BCUT2D eigenvalue weighted by atomic mass is 9.80. The minimum absolute atomic E-state index is 0.0755. The zero-order chi connectivity index (χ0) is 9.64. The maximum Gasteiger partial charge on any atom is 0.144 e. The molecule has 2 aliphatic carbocycles. The molecule has 0 amide bonds. The number of allylic oxidation sites excluding steroid dienone is 1. The van der Waals surface area contributed by atoms with Gasteiger partial charge in [0.15, 0.2) is 0 Å². The van der Waals surface area contributed by atoms with Gasteiger partial charge in [0, 0.05) is 12.8 Å². The highest BCUT2D eigenvalue weighted by molar-refractivity contribution is 6.05. The van der Waals surface area contributed by atoms with Crippen molar-refractivity contribution in [3.8, 4) is 0 Å². The molecule has 2 rings (SSSR count). The summed E-state index contributed by atoms with van der Waals surface area (Å²) >= 11 is 0. The van der Waals surface area contributed by atoms with Crippen molar-refractivity contribution in [3.63, 3.8) is 0 Å². The molecule has 0 spiro atoms. The van der Waals surface area contributed by atoms with Crippen molar-refractivity contribution in [1.82, 2.24) is 0 Å². The minimum atomic E-state index is -0.302. The van der Waals surface area contributed by atoms with Gasteiger partial charge in [0.25, 0.3) is 0 Å². The van der Waals surface area contributed by atoms with Crippen LogP contribution < -0.4 is 0 Å². The molecule has 0 aromatic rings. The van der Waals surface area contributed by atoms with Gasteiger partial charge in [0.2, 0.25) is 0 Å². The molecule has 0 aliphatic heterocycles. The van der Waals surface area contributed by atoms with Crippen LogP contribution in [0.1, 0.15) is 32.6 Å². The quantitative estimate of drug-likeness (QED) is 0.419. The molecule has 0 N–H and O–H groups in total. The largest absolute Gasteiger partial charge is 0.299 e. The molecule has 2 fully saturated rings. The maximum absolute atomic E-state index is 11.5. The fourth-order valence-corrected chi connectivity index (χ4v) is 2.46. The molecule has 2 aliphatic rings. The molecule has 0 saturated heterocycles. The summed E-state index contributed by atoms with van der Waals surface area (Å²) in [5, 5.41) is 0. The van der Waals surface area contributed by atoms with E-state index in [2.05, 4.69) is 13.5 Å². The van der Waals surface area contributed by atoms with Gasteiger partial charge in [-0.15, -0.1) is 0 Å². The summed E-state index contributed by atoms with van der Waals surface area (Å²) < 4.78 is 0. The number of fused-ring (bicyclic) bond motifs is 2. The van der Waals surface area contributed by atoms with Crippen molar-refractivity contribution < 1.29 is 9.59 Å². The zero-order valence-corrected chi connectivity index (χ0v) is 7.93. The van der Waals surface area contributed by atoms with Gasteiger partial charge in [-0.3, -0.25) is 9.59 Å². The Bertz CT molecular complexity index is 295. The first-order valence-corrected chi connectivity index (χ1v) is 4.77. The van der Waals surface area contributed by atoms with Crippen molar-refractivity contribution in [2.45, 2.75) is 32.6 Å². The second-order valence-electron chi connectivity index (χ2n) is 4.53. The van der Waals surface area contributed by atoms with Gasteiger partial charge in [-0.1, -0.05) is 19.1 Å². The Labute approximate surface area is 78.0 Å². The van der Waals surface area contributed by atoms with Crippen molar-refractivity contribution in [1.29, 1.82) is 0 Å². The summed E-state index contributed by atoms with van der Waals surface area (Å²) in [5.74, 6) is -0.0371. The van der Waals surface area contributed by atoms with Crippen LogP contribution in [-0.4, -0.2) is 11.6 Å². The lowest BCUT2D eigenvalue weighted by Crippen LogP contribution is -2.18. The van der Waals surface area contributed by atoms with Crippen LogP contribution in [0.2, 0.25) is 0 Å². The van der Waals surface area contributed by atoms with Gasteiger partial charge < -0.3 is 0 Å². The monoisotopic (exact) mass is 178 g/mol. The van der Waals surface area contributed by atoms with E-state index in [9.17, 15) is 9.59 Å². The molecule has 0 radical (unpaired) electrons. The first-order chi connectivity index (χ1) is 6.03. The molecule has 2 saturated carbocycles. The number of carbonyl (C=O) groups excluding carboxylic acids is 2. The molecule has 0 unspecified atom stereocenters. The van der Waals surface area contributed by atoms with Crippen molar-refractivity contribution in [2.24, 2.45) is 11.3 Å². The number of rotatable bonds is 0. The van der Waals surface area contributed by atoms with Gasteiger partial charge in [0.05, 0.1) is 5.92 Å². The molecule has 0 aromatic carbocycles. The van der Waals surface area contributed by atoms with E-state index in [1.807, 2.05) is 0 Å². The van der Waals surface area contributed by atoms with Gasteiger partial charge in [-0.2, -0.15) is 0 Å². The average Bonchev–Trinajstić information content (AvgIpc) is 2.33. The Morgan fingerprint density at radius 2 is 2.00 bits per heavy atom. The lowest BCUT2D eigenvalue weighted by Gasteiger charge is -2.24. The number of carbonyl (C=O) groups is 2. The van der Waals surface area contributed by atoms with Crippen LogP contribution in [0.3, 0.4) is 0 Å².